The summed E-state index contributed by atoms with van der Waals surface area (Å²) in [6.45, 7) is 1.47. The van der Waals surface area contributed by atoms with E-state index in [0.717, 1.165) is 14.7 Å². The first-order valence-electron chi connectivity index (χ1n) is 4.34. The van der Waals surface area contributed by atoms with Crippen LogP contribution in [-0.4, -0.2) is 20.7 Å². The summed E-state index contributed by atoms with van der Waals surface area (Å²) >= 11 is 2.14. The summed E-state index contributed by atoms with van der Waals surface area (Å²) in [5, 5.41) is 7.88. The monoisotopic (exact) mass is 316 g/mol. The maximum absolute atomic E-state index is 10.9. The molecule has 2 aromatic rings. The number of aromatic nitrogens is 3. The minimum Gasteiger partial charge on any atom is -0.325 e. The standard InChI is InChI=1S/C9H9IN4O/c1-5(15)12-6-3-7-8(10)13-14(2)9(7)11-4-6/h3-4H,1-2H3,(H,12,15). The quantitative estimate of drug-likeness (QED) is 0.812. The van der Waals surface area contributed by atoms with E-state index in [1.807, 2.05) is 13.1 Å². The van der Waals surface area contributed by atoms with Gasteiger partial charge in [0.2, 0.25) is 5.91 Å². The van der Waals surface area contributed by atoms with Gasteiger partial charge >= 0.3 is 0 Å². The zero-order valence-electron chi connectivity index (χ0n) is 8.28. The number of fused-ring (bicyclic) bond motifs is 1. The zero-order chi connectivity index (χ0) is 11.0. The second kappa shape index (κ2) is 3.76. The van der Waals surface area contributed by atoms with Crippen LogP contribution in [0.15, 0.2) is 12.3 Å². The Labute approximate surface area is 100 Å². The van der Waals surface area contributed by atoms with Gasteiger partial charge in [0.05, 0.1) is 17.3 Å². The molecule has 2 rings (SSSR count). The van der Waals surface area contributed by atoms with E-state index in [1.165, 1.54) is 6.92 Å². The number of carbonyl (C=O) groups excluding carboxylic acids is 1. The number of carbonyl (C=O) groups is 1. The summed E-state index contributed by atoms with van der Waals surface area (Å²) in [5.41, 5.74) is 1.51. The largest absolute Gasteiger partial charge is 0.325 e. The summed E-state index contributed by atoms with van der Waals surface area (Å²) in [7, 11) is 1.84. The molecular weight excluding hydrogens is 307 g/mol. The van der Waals surface area contributed by atoms with Gasteiger partial charge in [0.15, 0.2) is 5.65 Å². The minimum atomic E-state index is -0.102. The molecule has 6 heteroatoms. The highest BCUT2D eigenvalue weighted by molar-refractivity contribution is 14.1. The van der Waals surface area contributed by atoms with E-state index in [4.69, 9.17) is 0 Å². The Morgan fingerprint density at radius 2 is 2.33 bits per heavy atom. The van der Waals surface area contributed by atoms with Crippen molar-refractivity contribution in [3.8, 4) is 0 Å². The van der Waals surface area contributed by atoms with E-state index in [2.05, 4.69) is 38.0 Å². The minimum absolute atomic E-state index is 0.102. The summed E-state index contributed by atoms with van der Waals surface area (Å²) < 4.78 is 2.60. The molecule has 0 unspecified atom stereocenters. The molecule has 0 spiro atoms. The third kappa shape index (κ3) is 1.94. The predicted octanol–water partition coefficient (Wildman–Crippen LogP) is 1.53. The van der Waals surface area contributed by atoms with Gasteiger partial charge in [-0.15, -0.1) is 0 Å². The van der Waals surface area contributed by atoms with Gasteiger partial charge < -0.3 is 5.32 Å². The van der Waals surface area contributed by atoms with Gasteiger partial charge in [-0.25, -0.2) is 9.67 Å². The van der Waals surface area contributed by atoms with Gasteiger partial charge in [-0.3, -0.25) is 4.79 Å². The molecular formula is C9H9IN4O. The van der Waals surface area contributed by atoms with E-state index in [-0.39, 0.29) is 5.91 Å². The summed E-state index contributed by atoms with van der Waals surface area (Å²) in [4.78, 5) is 15.1. The van der Waals surface area contributed by atoms with Gasteiger partial charge in [0, 0.05) is 14.0 Å². The zero-order valence-corrected chi connectivity index (χ0v) is 10.4. The van der Waals surface area contributed by atoms with E-state index < -0.39 is 0 Å². The Bertz CT molecular complexity index is 534. The number of halogens is 1. The topological polar surface area (TPSA) is 59.8 Å². The van der Waals surface area contributed by atoms with Crippen molar-refractivity contribution in [3.63, 3.8) is 0 Å². The van der Waals surface area contributed by atoms with Crippen molar-refractivity contribution in [3.05, 3.63) is 16.0 Å². The molecule has 0 aromatic carbocycles. The van der Waals surface area contributed by atoms with Gasteiger partial charge in [0.1, 0.15) is 3.70 Å². The Morgan fingerprint density at radius 3 is 3.00 bits per heavy atom. The second-order valence-electron chi connectivity index (χ2n) is 3.19. The molecule has 0 aliphatic rings. The molecule has 15 heavy (non-hydrogen) atoms. The van der Waals surface area contributed by atoms with E-state index in [0.29, 0.717) is 5.69 Å². The van der Waals surface area contributed by atoms with Crippen LogP contribution in [0.3, 0.4) is 0 Å². The lowest BCUT2D eigenvalue weighted by Gasteiger charge is -2.00. The molecule has 0 saturated carbocycles. The van der Waals surface area contributed by atoms with Crippen LogP contribution in [0, 0.1) is 3.70 Å². The van der Waals surface area contributed by atoms with Crippen LogP contribution < -0.4 is 5.32 Å². The molecule has 0 fully saturated rings. The molecule has 0 saturated heterocycles. The van der Waals surface area contributed by atoms with Crippen molar-refractivity contribution >= 4 is 45.2 Å². The molecule has 0 bridgehead atoms. The number of aryl methyl sites for hydroxylation is 1. The highest BCUT2D eigenvalue weighted by Gasteiger charge is 2.08. The molecule has 2 aromatic heterocycles. The summed E-state index contributed by atoms with van der Waals surface area (Å²) in [5.74, 6) is -0.102. The van der Waals surface area contributed by atoms with Crippen LogP contribution in [-0.2, 0) is 11.8 Å². The average Bonchev–Trinajstić information content (AvgIpc) is 2.41. The Hall–Kier alpha value is -1.18. The number of pyridine rings is 1. The first kappa shape index (κ1) is 10.3. The van der Waals surface area contributed by atoms with Crippen molar-refractivity contribution in [2.45, 2.75) is 6.92 Å². The highest BCUT2D eigenvalue weighted by Crippen LogP contribution is 2.20. The predicted molar refractivity (Wildman–Crippen MR) is 65.5 cm³/mol. The number of amides is 1. The Morgan fingerprint density at radius 1 is 1.60 bits per heavy atom. The lowest BCUT2D eigenvalue weighted by Crippen LogP contribution is -2.05. The summed E-state index contributed by atoms with van der Waals surface area (Å²) in [6, 6.07) is 1.87. The number of rotatable bonds is 1. The fourth-order valence-corrected chi connectivity index (χ4v) is 2.09. The number of hydrogen-bond donors (Lipinski definition) is 1. The molecule has 0 aliphatic carbocycles. The third-order valence-corrected chi connectivity index (χ3v) is 2.75. The Balaban J connectivity index is 2.55. The van der Waals surface area contributed by atoms with Crippen molar-refractivity contribution < 1.29 is 4.79 Å². The lowest BCUT2D eigenvalue weighted by atomic mass is 10.3. The average molecular weight is 316 g/mol. The van der Waals surface area contributed by atoms with Crippen molar-refractivity contribution in [1.82, 2.24) is 14.8 Å². The Kier molecular flexibility index (Phi) is 2.59. The van der Waals surface area contributed by atoms with Crippen LogP contribution in [0.4, 0.5) is 5.69 Å². The molecule has 78 valence electrons. The van der Waals surface area contributed by atoms with Gasteiger partial charge in [-0.05, 0) is 28.7 Å². The molecule has 5 nitrogen and oxygen atoms in total. The third-order valence-electron chi connectivity index (χ3n) is 1.95. The molecule has 1 amide bonds. The summed E-state index contributed by atoms with van der Waals surface area (Å²) in [6.07, 6.45) is 1.63. The maximum atomic E-state index is 10.9. The van der Waals surface area contributed by atoms with Crippen LogP contribution in [0.2, 0.25) is 0 Å². The first-order valence-corrected chi connectivity index (χ1v) is 5.41. The van der Waals surface area contributed by atoms with Crippen LogP contribution in [0.1, 0.15) is 6.92 Å². The highest BCUT2D eigenvalue weighted by atomic mass is 127. The first-order chi connectivity index (χ1) is 7.08. The number of anilines is 1. The molecule has 1 N–H and O–H groups in total. The fraction of sp³-hybridized carbons (Fsp3) is 0.222. The molecule has 0 radical (unpaired) electrons. The van der Waals surface area contributed by atoms with Crippen LogP contribution in [0.25, 0.3) is 11.0 Å². The number of hydrogen-bond acceptors (Lipinski definition) is 3. The van der Waals surface area contributed by atoms with Crippen molar-refractivity contribution in [2.24, 2.45) is 7.05 Å². The van der Waals surface area contributed by atoms with E-state index in [1.54, 1.807) is 10.9 Å². The van der Waals surface area contributed by atoms with Crippen LogP contribution >= 0.6 is 22.6 Å². The van der Waals surface area contributed by atoms with E-state index in [9.17, 15) is 4.79 Å². The van der Waals surface area contributed by atoms with Crippen molar-refractivity contribution in [2.75, 3.05) is 5.32 Å². The van der Waals surface area contributed by atoms with Crippen LogP contribution in [0.5, 0.6) is 0 Å². The van der Waals surface area contributed by atoms with Gasteiger partial charge in [0.25, 0.3) is 0 Å². The number of nitrogens with one attached hydrogen (secondary N) is 1. The maximum Gasteiger partial charge on any atom is 0.221 e. The van der Waals surface area contributed by atoms with E-state index >= 15 is 0 Å². The molecule has 0 atom stereocenters. The smallest absolute Gasteiger partial charge is 0.221 e. The molecule has 2 heterocycles. The molecule has 0 aliphatic heterocycles. The fourth-order valence-electron chi connectivity index (χ4n) is 1.37. The lowest BCUT2D eigenvalue weighted by molar-refractivity contribution is -0.114. The van der Waals surface area contributed by atoms with Crippen molar-refractivity contribution in [1.29, 1.82) is 0 Å². The second-order valence-corrected chi connectivity index (χ2v) is 4.21. The SMILES string of the molecule is CC(=O)Nc1cnc2c(c1)c(I)nn2C. The number of nitrogens with zero attached hydrogens (tertiary/aromatic N) is 3. The normalized spacial score (nSPS) is 10.6. The van der Waals surface area contributed by atoms with Gasteiger partial charge in [-0.1, -0.05) is 0 Å². The van der Waals surface area contributed by atoms with Gasteiger partial charge in [-0.2, -0.15) is 5.10 Å².